The second-order valence-corrected chi connectivity index (χ2v) is 7.38. The Morgan fingerprint density at radius 1 is 1.04 bits per heavy atom. The average molecular weight is 378 g/mol. The molecule has 2 aromatic carbocycles. The van der Waals surface area contributed by atoms with Gasteiger partial charge in [-0.1, -0.05) is 30.3 Å². The Labute approximate surface area is 163 Å². The van der Waals surface area contributed by atoms with Gasteiger partial charge in [0.2, 0.25) is 5.91 Å². The molecule has 5 heteroatoms. The van der Waals surface area contributed by atoms with Crippen molar-refractivity contribution in [2.45, 2.75) is 31.6 Å². The first kappa shape index (κ1) is 18.4. The fourth-order valence-corrected chi connectivity index (χ4v) is 4.02. The van der Waals surface area contributed by atoms with Crippen LogP contribution in [0.4, 0.5) is 4.39 Å². The predicted molar refractivity (Wildman–Crippen MR) is 107 cm³/mol. The number of ketones is 1. The number of rotatable bonds is 5. The highest BCUT2D eigenvalue weighted by Crippen LogP contribution is 2.28. The van der Waals surface area contributed by atoms with Gasteiger partial charge in [0.25, 0.3) is 0 Å². The normalized spacial score (nSPS) is 15.1. The molecule has 1 amide bonds. The van der Waals surface area contributed by atoms with Crippen LogP contribution in [-0.4, -0.2) is 34.7 Å². The molecular formula is C23H23FN2O2. The van der Waals surface area contributed by atoms with E-state index in [1.54, 1.807) is 12.3 Å². The van der Waals surface area contributed by atoms with Crippen LogP contribution in [0.15, 0.2) is 54.7 Å². The summed E-state index contributed by atoms with van der Waals surface area (Å²) < 4.78 is 13.5. The van der Waals surface area contributed by atoms with Crippen LogP contribution < -0.4 is 0 Å². The van der Waals surface area contributed by atoms with Gasteiger partial charge in [-0.2, -0.15) is 0 Å². The third-order valence-electron chi connectivity index (χ3n) is 5.63. The van der Waals surface area contributed by atoms with E-state index >= 15 is 0 Å². The standard InChI is InChI=1S/C23H23FN2O2/c24-18-6-7-21-19(14-18)20(15-25-21)22(27)8-9-23(28)26-12-10-17(11-13-26)16-4-2-1-3-5-16/h1-7,14-15,17,25H,8-13H2. The van der Waals surface area contributed by atoms with Crippen LogP contribution in [0.5, 0.6) is 0 Å². The second kappa shape index (κ2) is 7.97. The number of aromatic nitrogens is 1. The second-order valence-electron chi connectivity index (χ2n) is 7.38. The van der Waals surface area contributed by atoms with Crippen LogP contribution in [0.2, 0.25) is 0 Å². The number of halogens is 1. The van der Waals surface area contributed by atoms with Crippen molar-refractivity contribution in [3.8, 4) is 0 Å². The topological polar surface area (TPSA) is 53.2 Å². The third kappa shape index (κ3) is 3.84. The molecule has 0 aliphatic carbocycles. The number of Topliss-reactive ketones (excluding diaryl/α,β-unsaturated/α-hetero) is 1. The minimum atomic E-state index is -0.376. The molecule has 3 aromatic rings. The van der Waals surface area contributed by atoms with E-state index < -0.39 is 0 Å². The van der Waals surface area contributed by atoms with Gasteiger partial charge in [-0.3, -0.25) is 9.59 Å². The van der Waals surface area contributed by atoms with E-state index in [0.717, 1.165) is 31.4 Å². The van der Waals surface area contributed by atoms with Gasteiger partial charge < -0.3 is 9.88 Å². The number of piperidine rings is 1. The molecule has 1 aliphatic heterocycles. The largest absolute Gasteiger partial charge is 0.360 e. The molecule has 1 saturated heterocycles. The molecule has 0 unspecified atom stereocenters. The van der Waals surface area contributed by atoms with Crippen molar-refractivity contribution in [3.05, 3.63) is 71.7 Å². The minimum Gasteiger partial charge on any atom is -0.360 e. The molecular weight excluding hydrogens is 355 g/mol. The highest BCUT2D eigenvalue weighted by atomic mass is 19.1. The first-order valence-electron chi connectivity index (χ1n) is 9.74. The molecule has 1 aliphatic rings. The first-order valence-corrected chi connectivity index (χ1v) is 9.74. The van der Waals surface area contributed by atoms with Crippen molar-refractivity contribution in [1.82, 2.24) is 9.88 Å². The zero-order valence-corrected chi connectivity index (χ0v) is 15.7. The monoisotopic (exact) mass is 378 g/mol. The van der Waals surface area contributed by atoms with Gasteiger partial charge in [-0.15, -0.1) is 0 Å². The summed E-state index contributed by atoms with van der Waals surface area (Å²) in [4.78, 5) is 29.9. The summed E-state index contributed by atoms with van der Waals surface area (Å²) in [5.41, 5.74) is 2.50. The zero-order valence-electron chi connectivity index (χ0n) is 15.7. The Bertz CT molecular complexity index is 988. The number of nitrogens with one attached hydrogen (secondary N) is 1. The molecule has 0 radical (unpaired) electrons. The Kier molecular flexibility index (Phi) is 5.24. The minimum absolute atomic E-state index is 0.0193. The van der Waals surface area contributed by atoms with Crippen molar-refractivity contribution < 1.29 is 14.0 Å². The maximum atomic E-state index is 13.5. The van der Waals surface area contributed by atoms with E-state index in [9.17, 15) is 14.0 Å². The molecule has 4 rings (SSSR count). The predicted octanol–water partition coefficient (Wildman–Crippen LogP) is 4.68. The third-order valence-corrected chi connectivity index (χ3v) is 5.63. The summed E-state index contributed by atoms with van der Waals surface area (Å²) in [6.07, 6.45) is 3.83. The number of aromatic amines is 1. The Morgan fingerprint density at radius 2 is 1.79 bits per heavy atom. The van der Waals surface area contributed by atoms with Crippen LogP contribution in [-0.2, 0) is 4.79 Å². The molecule has 28 heavy (non-hydrogen) atoms. The number of H-pyrrole nitrogens is 1. The lowest BCUT2D eigenvalue weighted by atomic mass is 9.89. The summed E-state index contributed by atoms with van der Waals surface area (Å²) in [6.45, 7) is 1.45. The highest BCUT2D eigenvalue weighted by Gasteiger charge is 2.24. The quantitative estimate of drug-likeness (QED) is 0.656. The van der Waals surface area contributed by atoms with E-state index in [4.69, 9.17) is 0 Å². The fourth-order valence-electron chi connectivity index (χ4n) is 4.02. The molecule has 1 fully saturated rings. The maximum Gasteiger partial charge on any atom is 0.223 e. The Morgan fingerprint density at radius 3 is 2.54 bits per heavy atom. The van der Waals surface area contributed by atoms with Gasteiger partial charge in [0, 0.05) is 48.6 Å². The van der Waals surface area contributed by atoms with E-state index in [1.165, 1.54) is 17.7 Å². The number of likely N-dealkylation sites (tertiary alicyclic amines) is 1. The number of nitrogens with zero attached hydrogens (tertiary/aromatic N) is 1. The maximum absolute atomic E-state index is 13.5. The Hall–Kier alpha value is -2.95. The number of carbonyl (C=O) groups excluding carboxylic acids is 2. The average Bonchev–Trinajstić information content (AvgIpc) is 3.15. The summed E-state index contributed by atoms with van der Waals surface area (Å²) in [5, 5.41) is 0.570. The van der Waals surface area contributed by atoms with Gasteiger partial charge in [0.15, 0.2) is 5.78 Å². The van der Waals surface area contributed by atoms with Crippen LogP contribution in [0, 0.1) is 5.82 Å². The van der Waals surface area contributed by atoms with Crippen molar-refractivity contribution in [2.75, 3.05) is 13.1 Å². The molecule has 0 bridgehead atoms. The molecule has 1 aromatic heterocycles. The SMILES string of the molecule is O=C(CCC(=O)N1CCC(c2ccccc2)CC1)c1c[nH]c2ccc(F)cc12. The van der Waals surface area contributed by atoms with Crippen molar-refractivity contribution in [2.24, 2.45) is 0 Å². The smallest absolute Gasteiger partial charge is 0.223 e. The lowest BCUT2D eigenvalue weighted by molar-refractivity contribution is -0.132. The van der Waals surface area contributed by atoms with E-state index in [-0.39, 0.29) is 30.3 Å². The van der Waals surface area contributed by atoms with Gasteiger partial charge in [-0.25, -0.2) is 4.39 Å². The number of hydrogen-bond acceptors (Lipinski definition) is 2. The summed E-state index contributed by atoms with van der Waals surface area (Å²) in [5.74, 6) is 0.00164. The number of fused-ring (bicyclic) bond motifs is 1. The van der Waals surface area contributed by atoms with E-state index in [2.05, 4.69) is 29.2 Å². The summed E-state index contributed by atoms with van der Waals surface area (Å²) in [6, 6.07) is 14.7. The molecule has 1 N–H and O–H groups in total. The van der Waals surface area contributed by atoms with Crippen molar-refractivity contribution >= 4 is 22.6 Å². The van der Waals surface area contributed by atoms with Crippen LogP contribution in [0.25, 0.3) is 10.9 Å². The highest BCUT2D eigenvalue weighted by molar-refractivity contribution is 6.08. The van der Waals surface area contributed by atoms with Gasteiger partial charge in [0.1, 0.15) is 5.82 Å². The number of hydrogen-bond donors (Lipinski definition) is 1. The van der Waals surface area contributed by atoms with E-state index in [1.807, 2.05) is 11.0 Å². The van der Waals surface area contributed by atoms with Gasteiger partial charge in [-0.05, 0) is 42.5 Å². The van der Waals surface area contributed by atoms with Crippen molar-refractivity contribution in [3.63, 3.8) is 0 Å². The molecule has 0 saturated carbocycles. The lowest BCUT2D eigenvalue weighted by Gasteiger charge is -2.32. The van der Waals surface area contributed by atoms with Crippen molar-refractivity contribution in [1.29, 1.82) is 0 Å². The number of benzene rings is 2. The number of amides is 1. The van der Waals surface area contributed by atoms with Crippen LogP contribution in [0.1, 0.15) is 47.5 Å². The Balaban J connectivity index is 1.32. The van der Waals surface area contributed by atoms with Crippen LogP contribution >= 0.6 is 0 Å². The lowest BCUT2D eigenvalue weighted by Crippen LogP contribution is -2.38. The molecule has 0 atom stereocenters. The molecule has 2 heterocycles. The van der Waals surface area contributed by atoms with E-state index in [0.29, 0.717) is 16.9 Å². The molecule has 0 spiro atoms. The molecule has 4 nitrogen and oxygen atoms in total. The van der Waals surface area contributed by atoms with Gasteiger partial charge in [0.05, 0.1) is 0 Å². The zero-order chi connectivity index (χ0) is 19.5. The number of carbonyl (C=O) groups is 2. The van der Waals surface area contributed by atoms with Gasteiger partial charge >= 0.3 is 0 Å². The molecule has 144 valence electrons. The first-order chi connectivity index (χ1) is 13.6. The fraction of sp³-hybridized carbons (Fsp3) is 0.304. The summed E-state index contributed by atoms with van der Waals surface area (Å²) >= 11 is 0. The summed E-state index contributed by atoms with van der Waals surface area (Å²) in [7, 11) is 0. The van der Waals surface area contributed by atoms with Crippen LogP contribution in [0.3, 0.4) is 0 Å².